The predicted molar refractivity (Wildman–Crippen MR) is 182 cm³/mol. The summed E-state index contributed by atoms with van der Waals surface area (Å²) < 4.78 is 11.3. The van der Waals surface area contributed by atoms with E-state index in [-0.39, 0.29) is 0 Å². The number of nitrogens with zero attached hydrogens (tertiary/aromatic N) is 4. The first-order valence-corrected chi connectivity index (χ1v) is 15.0. The number of oxazole rings is 2. The lowest BCUT2D eigenvalue weighted by Gasteiger charge is -2.19. The van der Waals surface area contributed by atoms with Crippen molar-refractivity contribution in [2.75, 3.05) is 0 Å². The number of rotatable bonds is 5. The van der Waals surface area contributed by atoms with Gasteiger partial charge in [0.2, 0.25) is 11.8 Å². The molecule has 0 aliphatic heterocycles. The minimum atomic E-state index is 0.533. The van der Waals surface area contributed by atoms with E-state index < -0.39 is 0 Å². The molecule has 0 saturated heterocycles. The van der Waals surface area contributed by atoms with Crippen LogP contribution in [0.3, 0.4) is 0 Å². The van der Waals surface area contributed by atoms with Gasteiger partial charge < -0.3 is 8.83 Å². The van der Waals surface area contributed by atoms with Crippen LogP contribution in [0, 0.1) is 0 Å². The first kappa shape index (κ1) is 26.0. The molecule has 9 aromatic rings. The maximum absolute atomic E-state index is 5.65. The van der Waals surface area contributed by atoms with Gasteiger partial charge in [0.1, 0.15) is 12.5 Å². The normalized spacial score (nSPS) is 11.5. The van der Waals surface area contributed by atoms with E-state index in [0.29, 0.717) is 11.8 Å². The number of aromatic nitrogens is 4. The Kier molecular flexibility index (Phi) is 6.03. The molecule has 9 rings (SSSR count). The van der Waals surface area contributed by atoms with Crippen molar-refractivity contribution >= 4 is 32.3 Å². The van der Waals surface area contributed by atoms with Crippen LogP contribution in [-0.4, -0.2) is 19.9 Å². The number of pyridine rings is 2. The summed E-state index contributed by atoms with van der Waals surface area (Å²) in [5.41, 5.74) is 8.09. The highest BCUT2D eigenvalue weighted by Gasteiger charge is 2.20. The molecule has 4 heterocycles. The van der Waals surface area contributed by atoms with E-state index in [0.717, 1.165) is 60.5 Å². The molecule has 0 atom stereocenters. The summed E-state index contributed by atoms with van der Waals surface area (Å²) in [4.78, 5) is 18.0. The van der Waals surface area contributed by atoms with Crippen molar-refractivity contribution < 1.29 is 8.83 Å². The minimum Gasteiger partial charge on any atom is -0.444 e. The fourth-order valence-corrected chi connectivity index (χ4v) is 6.56. The summed E-state index contributed by atoms with van der Waals surface area (Å²) in [5, 5.41) is 6.83. The molecule has 216 valence electrons. The lowest BCUT2D eigenvalue weighted by atomic mass is 9.84. The molecule has 6 nitrogen and oxygen atoms in total. The molecule has 46 heavy (non-hydrogen) atoms. The largest absolute Gasteiger partial charge is 0.444 e. The van der Waals surface area contributed by atoms with Crippen LogP contribution in [0.15, 0.2) is 156 Å². The van der Waals surface area contributed by atoms with Crippen LogP contribution in [-0.2, 0) is 0 Å². The Morgan fingerprint density at radius 1 is 0.413 bits per heavy atom. The summed E-state index contributed by atoms with van der Waals surface area (Å²) in [5.74, 6) is 1.07. The van der Waals surface area contributed by atoms with Gasteiger partial charge in [0.25, 0.3) is 0 Å². The molecular formula is C40H24N4O2. The van der Waals surface area contributed by atoms with E-state index in [4.69, 9.17) is 8.83 Å². The molecule has 0 aliphatic carbocycles. The second kappa shape index (κ2) is 10.6. The summed E-state index contributed by atoms with van der Waals surface area (Å²) in [6.07, 6.45) is 13.9. The maximum atomic E-state index is 5.65. The average Bonchev–Trinajstić information content (AvgIpc) is 3.86. The molecule has 0 spiro atoms. The van der Waals surface area contributed by atoms with Gasteiger partial charge in [-0.1, -0.05) is 78.9 Å². The quantitative estimate of drug-likeness (QED) is 0.185. The average molecular weight is 593 g/mol. The van der Waals surface area contributed by atoms with E-state index in [9.17, 15) is 0 Å². The van der Waals surface area contributed by atoms with Gasteiger partial charge in [-0.15, -0.1) is 0 Å². The van der Waals surface area contributed by atoms with Gasteiger partial charge >= 0.3 is 0 Å². The van der Waals surface area contributed by atoms with Crippen molar-refractivity contribution in [2.24, 2.45) is 0 Å². The third-order valence-electron chi connectivity index (χ3n) is 8.54. The number of fused-ring (bicyclic) bond motifs is 3. The molecule has 0 N–H and O–H groups in total. The van der Waals surface area contributed by atoms with Crippen LogP contribution in [0.4, 0.5) is 0 Å². The molecule has 6 heteroatoms. The Balaban J connectivity index is 1.38. The molecule has 0 fully saturated rings. The number of hydrogen-bond acceptors (Lipinski definition) is 6. The topological polar surface area (TPSA) is 77.8 Å². The summed E-state index contributed by atoms with van der Waals surface area (Å²) in [6.45, 7) is 0. The van der Waals surface area contributed by atoms with Crippen LogP contribution in [0.1, 0.15) is 0 Å². The number of hydrogen-bond donors (Lipinski definition) is 0. The standard InChI is InChI=1S/C40H24N4O2/c1-2-8-31-25(6-1)7-5-11-32(31)26-12-13-35-36(20-26)38(28-19-30(24-42-22-28)40-44-15-17-46-40)34-10-4-3-9-33(34)37(35)27-18-29(23-41-21-27)39-43-14-16-45-39/h1-24H. The second-order valence-electron chi connectivity index (χ2n) is 11.2. The van der Waals surface area contributed by atoms with E-state index in [1.807, 2.05) is 12.4 Å². The van der Waals surface area contributed by atoms with E-state index in [1.165, 1.54) is 16.3 Å². The lowest BCUT2D eigenvalue weighted by molar-refractivity contribution is 0.574. The van der Waals surface area contributed by atoms with Crippen molar-refractivity contribution in [1.82, 2.24) is 19.9 Å². The zero-order chi connectivity index (χ0) is 30.5. The van der Waals surface area contributed by atoms with Gasteiger partial charge in [-0.2, -0.15) is 0 Å². The Bertz CT molecular complexity index is 2530. The minimum absolute atomic E-state index is 0.533. The molecule has 0 radical (unpaired) electrons. The molecule has 0 aliphatic rings. The SMILES string of the molecule is c1ccc2c(-c3ccc4c(-c5cncc(-c6ncco6)c5)c5ccccc5c(-c5cncc(-c6ncco6)c5)c4c3)cccc2c1. The molecule has 4 aromatic heterocycles. The van der Waals surface area contributed by atoms with Crippen LogP contribution >= 0.6 is 0 Å². The Hall–Kier alpha value is -6.40. The van der Waals surface area contributed by atoms with E-state index >= 15 is 0 Å². The van der Waals surface area contributed by atoms with E-state index in [2.05, 4.69) is 117 Å². The zero-order valence-corrected chi connectivity index (χ0v) is 24.5. The third kappa shape index (κ3) is 4.27. The Labute approximate surface area is 263 Å². The molecule has 0 saturated carbocycles. The molecule has 5 aromatic carbocycles. The monoisotopic (exact) mass is 592 g/mol. The van der Waals surface area contributed by atoms with Crippen LogP contribution < -0.4 is 0 Å². The molecule has 0 amide bonds. The predicted octanol–water partition coefficient (Wildman–Crippen LogP) is 10.2. The first-order valence-electron chi connectivity index (χ1n) is 15.0. The maximum Gasteiger partial charge on any atom is 0.227 e. The number of benzene rings is 5. The fraction of sp³-hybridized carbons (Fsp3) is 0. The molecule has 0 unspecified atom stereocenters. The molecule has 0 bridgehead atoms. The van der Waals surface area contributed by atoms with E-state index in [1.54, 1.807) is 37.3 Å². The molecular weight excluding hydrogens is 568 g/mol. The lowest BCUT2D eigenvalue weighted by Crippen LogP contribution is -1.94. The van der Waals surface area contributed by atoms with Crippen molar-refractivity contribution in [3.8, 4) is 56.3 Å². The van der Waals surface area contributed by atoms with Crippen molar-refractivity contribution in [3.05, 3.63) is 147 Å². The summed E-state index contributed by atoms with van der Waals surface area (Å²) in [7, 11) is 0. The highest BCUT2D eigenvalue weighted by Crippen LogP contribution is 2.46. The third-order valence-corrected chi connectivity index (χ3v) is 8.54. The van der Waals surface area contributed by atoms with Crippen LogP contribution in [0.25, 0.3) is 88.6 Å². The van der Waals surface area contributed by atoms with Crippen LogP contribution in [0.5, 0.6) is 0 Å². The van der Waals surface area contributed by atoms with Gasteiger partial charge in [0.05, 0.1) is 23.5 Å². The van der Waals surface area contributed by atoms with Gasteiger partial charge in [-0.3, -0.25) is 9.97 Å². The van der Waals surface area contributed by atoms with Gasteiger partial charge in [0, 0.05) is 35.9 Å². The van der Waals surface area contributed by atoms with Gasteiger partial charge in [-0.25, -0.2) is 9.97 Å². The van der Waals surface area contributed by atoms with Crippen molar-refractivity contribution in [3.63, 3.8) is 0 Å². The summed E-state index contributed by atoms with van der Waals surface area (Å²) in [6, 6.07) is 34.5. The zero-order valence-electron chi connectivity index (χ0n) is 24.5. The smallest absolute Gasteiger partial charge is 0.227 e. The van der Waals surface area contributed by atoms with Crippen molar-refractivity contribution in [2.45, 2.75) is 0 Å². The Morgan fingerprint density at radius 2 is 0.957 bits per heavy atom. The highest BCUT2D eigenvalue weighted by atomic mass is 16.3. The summed E-state index contributed by atoms with van der Waals surface area (Å²) >= 11 is 0. The van der Waals surface area contributed by atoms with Crippen LogP contribution in [0.2, 0.25) is 0 Å². The second-order valence-corrected chi connectivity index (χ2v) is 11.2. The van der Waals surface area contributed by atoms with Gasteiger partial charge in [0.15, 0.2) is 0 Å². The fourth-order valence-electron chi connectivity index (χ4n) is 6.56. The Morgan fingerprint density at radius 3 is 1.59 bits per heavy atom. The van der Waals surface area contributed by atoms with Crippen molar-refractivity contribution in [1.29, 1.82) is 0 Å². The first-order chi connectivity index (χ1) is 22.8. The highest BCUT2D eigenvalue weighted by molar-refractivity contribution is 6.22. The van der Waals surface area contributed by atoms with Gasteiger partial charge in [-0.05, 0) is 72.8 Å².